The normalized spacial score (nSPS) is 11.5. The van der Waals surface area contributed by atoms with Crippen LogP contribution in [-0.4, -0.2) is 59.8 Å². The fourth-order valence-electron chi connectivity index (χ4n) is 7.57. The van der Waals surface area contributed by atoms with Crippen LogP contribution in [0.25, 0.3) is 33.5 Å². The summed E-state index contributed by atoms with van der Waals surface area (Å²) in [5.74, 6) is 3.44. The Hall–Kier alpha value is -6.75. The van der Waals surface area contributed by atoms with Gasteiger partial charge in [0.25, 0.3) is 0 Å². The van der Waals surface area contributed by atoms with Gasteiger partial charge in [0.15, 0.2) is 34.5 Å². The van der Waals surface area contributed by atoms with E-state index in [9.17, 15) is 4.79 Å². The predicted molar refractivity (Wildman–Crippen MR) is 221 cm³/mol. The van der Waals surface area contributed by atoms with Crippen LogP contribution >= 0.6 is 0 Å². The summed E-state index contributed by atoms with van der Waals surface area (Å²) in [6, 6.07) is 31.1. The smallest absolute Gasteiger partial charge is 0.355 e. The number of rotatable bonds is 16. The summed E-state index contributed by atoms with van der Waals surface area (Å²) in [6.07, 6.45) is 0.519. The maximum atomic E-state index is 14.6. The van der Waals surface area contributed by atoms with Gasteiger partial charge in [-0.25, -0.2) is 4.79 Å². The number of methoxy groups -OCH3 is 6. The SMILES string of the molecule is CCOC(=O)c1c(-c2cc(OC)c(OCc3ccccc3)cc2OCc2ccccc2)c(-c2ccc(OC)c(OC)c2)c2n1CCc1c-2cc(OC)c(OC)c1OC. The third-order valence-corrected chi connectivity index (χ3v) is 10.2. The Balaban J connectivity index is 1.58. The van der Waals surface area contributed by atoms with Gasteiger partial charge in [0.2, 0.25) is 5.75 Å². The zero-order chi connectivity index (χ0) is 40.8. The summed E-state index contributed by atoms with van der Waals surface area (Å²) in [4.78, 5) is 14.6. The predicted octanol–water partition coefficient (Wildman–Crippen LogP) is 9.43. The molecular weight excluding hydrogens is 739 g/mol. The summed E-state index contributed by atoms with van der Waals surface area (Å²) in [6.45, 7) is 2.90. The largest absolute Gasteiger partial charge is 0.493 e. The average Bonchev–Trinajstić information content (AvgIpc) is 3.62. The molecule has 0 spiro atoms. The van der Waals surface area contributed by atoms with Gasteiger partial charge in [-0.1, -0.05) is 66.7 Å². The molecule has 0 N–H and O–H groups in total. The van der Waals surface area contributed by atoms with Crippen LogP contribution < -0.4 is 37.9 Å². The van der Waals surface area contributed by atoms with E-state index < -0.39 is 5.97 Å². The Labute approximate surface area is 338 Å². The fourth-order valence-corrected chi connectivity index (χ4v) is 7.57. The van der Waals surface area contributed by atoms with Crippen LogP contribution in [0.2, 0.25) is 0 Å². The molecule has 0 amide bonds. The van der Waals surface area contributed by atoms with Crippen molar-refractivity contribution in [2.24, 2.45) is 0 Å². The minimum atomic E-state index is -0.501. The molecule has 0 saturated carbocycles. The Bertz CT molecular complexity index is 2410. The molecule has 5 aromatic carbocycles. The van der Waals surface area contributed by atoms with Gasteiger partial charge in [0.05, 0.1) is 55.0 Å². The highest BCUT2D eigenvalue weighted by molar-refractivity contribution is 6.08. The van der Waals surface area contributed by atoms with Crippen molar-refractivity contribution in [3.8, 4) is 79.5 Å². The molecule has 0 aliphatic carbocycles. The maximum Gasteiger partial charge on any atom is 0.355 e. The van der Waals surface area contributed by atoms with Crippen molar-refractivity contribution in [2.45, 2.75) is 33.1 Å². The van der Waals surface area contributed by atoms with Crippen molar-refractivity contribution in [3.05, 3.63) is 119 Å². The standard InChI is InChI=1S/C47H47NO10/c1-8-56-47(49)44-42(34-25-38(52-4)39(58-28-30-17-13-10-14-18-30)26-36(34)57-27-29-15-11-9-12-16-29)41(31-19-20-35(50-2)37(23-31)51-3)43-33-24-40(53-5)46(55-7)45(54-6)32(33)21-22-48(43)44/h9-20,23-26H,8,21-22,27-28H2,1-7H3. The van der Waals surface area contributed by atoms with Crippen molar-refractivity contribution < 1.29 is 47.4 Å². The Morgan fingerprint density at radius 3 is 1.74 bits per heavy atom. The molecule has 1 aromatic heterocycles. The Kier molecular flexibility index (Phi) is 12.0. The van der Waals surface area contributed by atoms with E-state index in [1.165, 1.54) is 0 Å². The molecule has 11 nitrogen and oxygen atoms in total. The number of nitrogens with zero attached hydrogens (tertiary/aromatic N) is 1. The summed E-state index contributed by atoms with van der Waals surface area (Å²) in [7, 11) is 9.55. The second kappa shape index (κ2) is 17.6. The van der Waals surface area contributed by atoms with Crippen LogP contribution in [0.4, 0.5) is 0 Å². The van der Waals surface area contributed by atoms with E-state index in [1.807, 2.05) is 102 Å². The topological polar surface area (TPSA) is 105 Å². The van der Waals surface area contributed by atoms with Gasteiger partial charge in [-0.15, -0.1) is 0 Å². The number of hydrogen-bond donors (Lipinski definition) is 0. The van der Waals surface area contributed by atoms with Gasteiger partial charge in [-0.2, -0.15) is 0 Å². The van der Waals surface area contributed by atoms with E-state index in [-0.39, 0.29) is 13.2 Å². The first-order chi connectivity index (χ1) is 28.4. The molecule has 300 valence electrons. The maximum absolute atomic E-state index is 14.6. The highest BCUT2D eigenvalue weighted by Crippen LogP contribution is 2.55. The molecule has 2 heterocycles. The third kappa shape index (κ3) is 7.43. The third-order valence-electron chi connectivity index (χ3n) is 10.2. The van der Waals surface area contributed by atoms with Crippen molar-refractivity contribution in [1.29, 1.82) is 0 Å². The van der Waals surface area contributed by atoms with Gasteiger partial charge in [0.1, 0.15) is 24.7 Å². The average molecular weight is 786 g/mol. The fraction of sp³-hybridized carbons (Fsp3) is 0.255. The molecule has 0 bridgehead atoms. The van der Waals surface area contributed by atoms with Crippen LogP contribution in [0.5, 0.6) is 46.0 Å². The second-order valence-electron chi connectivity index (χ2n) is 13.4. The molecule has 11 heteroatoms. The summed E-state index contributed by atoms with van der Waals surface area (Å²) >= 11 is 0. The van der Waals surface area contributed by atoms with E-state index in [0.29, 0.717) is 88.0 Å². The van der Waals surface area contributed by atoms with Crippen molar-refractivity contribution in [2.75, 3.05) is 49.3 Å². The number of hydrogen-bond acceptors (Lipinski definition) is 10. The van der Waals surface area contributed by atoms with Crippen molar-refractivity contribution in [3.63, 3.8) is 0 Å². The van der Waals surface area contributed by atoms with E-state index in [2.05, 4.69) is 0 Å². The van der Waals surface area contributed by atoms with E-state index in [1.54, 1.807) is 49.6 Å². The number of esters is 1. The lowest BCUT2D eigenvalue weighted by molar-refractivity contribution is 0.0514. The number of carbonyl (C=O) groups is 1. The quantitative estimate of drug-likeness (QED) is 0.0882. The lowest BCUT2D eigenvalue weighted by atomic mass is 9.89. The second-order valence-corrected chi connectivity index (χ2v) is 13.4. The zero-order valence-electron chi connectivity index (χ0n) is 33.8. The first kappa shape index (κ1) is 39.5. The van der Waals surface area contributed by atoms with Crippen LogP contribution in [-0.2, 0) is 30.9 Å². The molecule has 0 unspecified atom stereocenters. The molecule has 58 heavy (non-hydrogen) atoms. The molecule has 6 aromatic rings. The number of aromatic nitrogens is 1. The first-order valence-corrected chi connectivity index (χ1v) is 18.9. The van der Waals surface area contributed by atoms with E-state index >= 15 is 0 Å². The highest BCUT2D eigenvalue weighted by Gasteiger charge is 2.37. The van der Waals surface area contributed by atoms with Gasteiger partial charge in [0, 0.05) is 40.4 Å². The molecule has 0 fully saturated rings. The van der Waals surface area contributed by atoms with E-state index in [0.717, 1.165) is 33.5 Å². The number of benzene rings is 5. The van der Waals surface area contributed by atoms with Gasteiger partial charge >= 0.3 is 5.97 Å². The minimum Gasteiger partial charge on any atom is -0.493 e. The lowest BCUT2D eigenvalue weighted by Gasteiger charge is -2.26. The summed E-state index contributed by atoms with van der Waals surface area (Å²) in [5, 5.41) is 0. The summed E-state index contributed by atoms with van der Waals surface area (Å²) < 4.78 is 56.3. The van der Waals surface area contributed by atoms with Crippen LogP contribution in [0.3, 0.4) is 0 Å². The lowest BCUT2D eigenvalue weighted by Crippen LogP contribution is -2.19. The first-order valence-electron chi connectivity index (χ1n) is 18.9. The molecular formula is C47H47NO10. The summed E-state index contributed by atoms with van der Waals surface area (Å²) in [5.41, 5.74) is 7.33. The number of fused-ring (bicyclic) bond motifs is 3. The number of ether oxygens (including phenoxy) is 9. The zero-order valence-corrected chi connectivity index (χ0v) is 33.8. The molecule has 1 aliphatic heterocycles. The Morgan fingerprint density at radius 1 is 0.569 bits per heavy atom. The van der Waals surface area contributed by atoms with Gasteiger partial charge < -0.3 is 47.2 Å². The van der Waals surface area contributed by atoms with Crippen LogP contribution in [0.15, 0.2) is 97.1 Å². The van der Waals surface area contributed by atoms with Crippen LogP contribution in [0, 0.1) is 0 Å². The minimum absolute atomic E-state index is 0.160. The van der Waals surface area contributed by atoms with Crippen LogP contribution in [0.1, 0.15) is 34.1 Å². The highest BCUT2D eigenvalue weighted by atomic mass is 16.5. The van der Waals surface area contributed by atoms with E-state index in [4.69, 9.17) is 42.6 Å². The van der Waals surface area contributed by atoms with Crippen molar-refractivity contribution >= 4 is 5.97 Å². The Morgan fingerprint density at radius 2 is 1.16 bits per heavy atom. The molecule has 7 rings (SSSR count). The molecule has 1 aliphatic rings. The molecule has 0 atom stereocenters. The number of carbonyl (C=O) groups excluding carboxylic acids is 1. The molecule has 0 radical (unpaired) electrons. The monoisotopic (exact) mass is 785 g/mol. The van der Waals surface area contributed by atoms with Gasteiger partial charge in [-0.05, 0) is 54.3 Å². The van der Waals surface area contributed by atoms with Crippen molar-refractivity contribution in [1.82, 2.24) is 4.57 Å². The van der Waals surface area contributed by atoms with Gasteiger partial charge in [-0.3, -0.25) is 0 Å². The molecule has 0 saturated heterocycles.